The number of thioether (sulfide) groups is 1. The summed E-state index contributed by atoms with van der Waals surface area (Å²) in [5.74, 6) is 5.62. The molecule has 0 saturated carbocycles. The molecule has 21 heavy (non-hydrogen) atoms. The van der Waals surface area contributed by atoms with E-state index in [1.54, 1.807) is 11.8 Å². The Hall–Kier alpha value is -1.69. The molecule has 0 aromatic heterocycles. The minimum Gasteiger partial charge on any atom is -0.398 e. The summed E-state index contributed by atoms with van der Waals surface area (Å²) in [4.78, 5) is 12.1. The Kier molecular flexibility index (Phi) is 5.50. The van der Waals surface area contributed by atoms with Crippen LogP contribution in [-0.2, 0) is 17.0 Å². The van der Waals surface area contributed by atoms with E-state index in [0.29, 0.717) is 10.7 Å². The summed E-state index contributed by atoms with van der Waals surface area (Å²) >= 11 is 7.73. The van der Waals surface area contributed by atoms with Gasteiger partial charge in [0.15, 0.2) is 0 Å². The maximum absolute atomic E-state index is 11.2. The van der Waals surface area contributed by atoms with E-state index in [0.717, 1.165) is 21.8 Å². The summed E-state index contributed by atoms with van der Waals surface area (Å²) in [5.41, 5.74) is 10.8. The van der Waals surface area contributed by atoms with Gasteiger partial charge in [-0.3, -0.25) is 10.2 Å². The molecule has 0 fully saturated rings. The van der Waals surface area contributed by atoms with Crippen molar-refractivity contribution in [2.24, 2.45) is 5.84 Å². The average Bonchev–Trinajstić information content (AvgIpc) is 2.48. The van der Waals surface area contributed by atoms with Gasteiger partial charge in [0, 0.05) is 16.3 Å². The number of hydrogen-bond acceptors (Lipinski definition) is 4. The van der Waals surface area contributed by atoms with Crippen molar-refractivity contribution in [1.29, 1.82) is 0 Å². The number of rotatable bonds is 5. The zero-order valence-corrected chi connectivity index (χ0v) is 12.9. The third-order valence-corrected chi connectivity index (χ3v) is 4.58. The molecule has 0 radical (unpaired) electrons. The fourth-order valence-electron chi connectivity index (χ4n) is 1.82. The molecule has 0 aliphatic rings. The summed E-state index contributed by atoms with van der Waals surface area (Å²) in [6, 6.07) is 13.3. The molecule has 0 heterocycles. The first-order chi connectivity index (χ1) is 10.1. The van der Waals surface area contributed by atoms with E-state index in [-0.39, 0.29) is 12.3 Å². The van der Waals surface area contributed by atoms with Crippen molar-refractivity contribution in [2.45, 2.75) is 17.1 Å². The van der Waals surface area contributed by atoms with E-state index >= 15 is 0 Å². The van der Waals surface area contributed by atoms with Crippen LogP contribution in [0.4, 0.5) is 5.69 Å². The first-order valence-corrected chi connectivity index (χ1v) is 7.70. The van der Waals surface area contributed by atoms with Gasteiger partial charge in [-0.2, -0.15) is 0 Å². The molecule has 2 rings (SSSR count). The first-order valence-electron chi connectivity index (χ1n) is 6.34. The number of anilines is 1. The summed E-state index contributed by atoms with van der Waals surface area (Å²) in [6.07, 6.45) is 0.279. The fourth-order valence-corrected chi connectivity index (χ4v) is 3.11. The van der Waals surface area contributed by atoms with Gasteiger partial charge in [-0.05, 0) is 23.3 Å². The zero-order chi connectivity index (χ0) is 15.2. The van der Waals surface area contributed by atoms with E-state index < -0.39 is 0 Å². The summed E-state index contributed by atoms with van der Waals surface area (Å²) in [7, 11) is 0. The van der Waals surface area contributed by atoms with E-state index in [9.17, 15) is 4.79 Å². The van der Waals surface area contributed by atoms with Crippen molar-refractivity contribution >= 4 is 35.0 Å². The average molecular weight is 322 g/mol. The van der Waals surface area contributed by atoms with Gasteiger partial charge in [0.2, 0.25) is 5.91 Å². The molecule has 6 heteroatoms. The lowest BCUT2D eigenvalue weighted by Gasteiger charge is -2.08. The molecule has 0 saturated heterocycles. The Morgan fingerprint density at radius 2 is 1.81 bits per heavy atom. The van der Waals surface area contributed by atoms with Crippen molar-refractivity contribution in [3.63, 3.8) is 0 Å². The predicted molar refractivity (Wildman–Crippen MR) is 87.9 cm³/mol. The van der Waals surface area contributed by atoms with Crippen LogP contribution in [0.15, 0.2) is 47.4 Å². The molecule has 2 aromatic carbocycles. The summed E-state index contributed by atoms with van der Waals surface area (Å²) < 4.78 is 0. The lowest BCUT2D eigenvalue weighted by Crippen LogP contribution is -2.31. The van der Waals surface area contributed by atoms with Crippen molar-refractivity contribution in [3.05, 3.63) is 58.6 Å². The molecule has 4 nitrogen and oxygen atoms in total. The standard InChI is InChI=1S/C15H16ClN3OS/c16-12-2-1-3-13(17)15(12)21-9-11-6-4-10(5-7-11)8-14(20)19-18/h1-7H,8-9,17-18H2,(H,19,20). The van der Waals surface area contributed by atoms with Gasteiger partial charge in [0.05, 0.1) is 11.4 Å². The van der Waals surface area contributed by atoms with Crippen LogP contribution in [-0.4, -0.2) is 5.91 Å². The van der Waals surface area contributed by atoms with Gasteiger partial charge in [0.1, 0.15) is 0 Å². The van der Waals surface area contributed by atoms with Crippen LogP contribution in [0.3, 0.4) is 0 Å². The van der Waals surface area contributed by atoms with Crippen molar-refractivity contribution in [1.82, 2.24) is 5.43 Å². The highest BCUT2D eigenvalue weighted by Gasteiger charge is 2.06. The van der Waals surface area contributed by atoms with Gasteiger partial charge in [-0.25, -0.2) is 5.84 Å². The molecule has 0 spiro atoms. The number of nitrogen functional groups attached to an aromatic ring is 1. The Morgan fingerprint density at radius 3 is 2.43 bits per heavy atom. The van der Waals surface area contributed by atoms with Crippen LogP contribution < -0.4 is 17.0 Å². The summed E-state index contributed by atoms with van der Waals surface area (Å²) in [5, 5.41) is 0.663. The number of carbonyl (C=O) groups is 1. The quantitative estimate of drug-likeness (QED) is 0.260. The molecule has 110 valence electrons. The molecule has 2 aromatic rings. The number of nitrogens with two attached hydrogens (primary N) is 2. The molecule has 1 amide bonds. The van der Waals surface area contributed by atoms with Crippen LogP contribution in [0.2, 0.25) is 5.02 Å². The van der Waals surface area contributed by atoms with E-state index in [4.69, 9.17) is 23.2 Å². The maximum atomic E-state index is 11.2. The highest BCUT2D eigenvalue weighted by Crippen LogP contribution is 2.34. The number of amides is 1. The molecule has 0 aliphatic heterocycles. The van der Waals surface area contributed by atoms with Crippen LogP contribution in [0.5, 0.6) is 0 Å². The van der Waals surface area contributed by atoms with Gasteiger partial charge in [0.25, 0.3) is 0 Å². The lowest BCUT2D eigenvalue weighted by atomic mass is 10.1. The lowest BCUT2D eigenvalue weighted by molar-refractivity contribution is -0.120. The zero-order valence-electron chi connectivity index (χ0n) is 11.3. The number of carbonyl (C=O) groups excluding carboxylic acids is 1. The topological polar surface area (TPSA) is 81.1 Å². The highest BCUT2D eigenvalue weighted by molar-refractivity contribution is 7.98. The smallest absolute Gasteiger partial charge is 0.238 e. The molecule has 0 aliphatic carbocycles. The van der Waals surface area contributed by atoms with Gasteiger partial charge < -0.3 is 5.73 Å². The van der Waals surface area contributed by atoms with Crippen molar-refractivity contribution in [3.8, 4) is 0 Å². The van der Waals surface area contributed by atoms with E-state index in [1.807, 2.05) is 42.5 Å². The molecule has 0 atom stereocenters. The Labute approximate surface area is 132 Å². The van der Waals surface area contributed by atoms with Gasteiger partial charge in [-0.1, -0.05) is 41.9 Å². The van der Waals surface area contributed by atoms with Gasteiger partial charge in [-0.15, -0.1) is 11.8 Å². The SMILES string of the molecule is NNC(=O)Cc1ccc(CSc2c(N)cccc2Cl)cc1. The number of halogens is 1. The number of nitrogens with one attached hydrogen (secondary N) is 1. The highest BCUT2D eigenvalue weighted by atomic mass is 35.5. The molecule has 0 unspecified atom stereocenters. The van der Waals surface area contributed by atoms with Gasteiger partial charge >= 0.3 is 0 Å². The molecular weight excluding hydrogens is 306 g/mol. The van der Waals surface area contributed by atoms with Crippen LogP contribution in [0.1, 0.15) is 11.1 Å². The van der Waals surface area contributed by atoms with Crippen LogP contribution in [0.25, 0.3) is 0 Å². The third-order valence-electron chi connectivity index (χ3n) is 2.93. The Bertz CT molecular complexity index is 611. The largest absolute Gasteiger partial charge is 0.398 e. The number of hydrogen-bond donors (Lipinski definition) is 3. The normalized spacial score (nSPS) is 10.4. The maximum Gasteiger partial charge on any atom is 0.238 e. The number of hydrazine groups is 1. The van der Waals surface area contributed by atoms with E-state index in [1.165, 1.54) is 0 Å². The third kappa shape index (κ3) is 4.39. The molecular formula is C15H16ClN3OS. The first kappa shape index (κ1) is 15.7. The summed E-state index contributed by atoms with van der Waals surface area (Å²) in [6.45, 7) is 0. The van der Waals surface area contributed by atoms with Crippen molar-refractivity contribution in [2.75, 3.05) is 5.73 Å². The Morgan fingerprint density at radius 1 is 1.14 bits per heavy atom. The number of benzene rings is 2. The van der Waals surface area contributed by atoms with E-state index in [2.05, 4.69) is 5.43 Å². The minimum absolute atomic E-state index is 0.207. The predicted octanol–water partition coefficient (Wildman–Crippen LogP) is 2.75. The minimum atomic E-state index is -0.207. The molecule has 0 bridgehead atoms. The monoisotopic (exact) mass is 321 g/mol. The molecule has 5 N–H and O–H groups in total. The Balaban J connectivity index is 1.99. The van der Waals surface area contributed by atoms with Crippen LogP contribution >= 0.6 is 23.4 Å². The second-order valence-electron chi connectivity index (χ2n) is 4.51. The van der Waals surface area contributed by atoms with Crippen LogP contribution in [0, 0.1) is 0 Å². The van der Waals surface area contributed by atoms with Crippen molar-refractivity contribution < 1.29 is 4.79 Å². The second kappa shape index (κ2) is 7.36. The second-order valence-corrected chi connectivity index (χ2v) is 5.90. The fraction of sp³-hybridized carbons (Fsp3) is 0.133.